The van der Waals surface area contributed by atoms with E-state index in [2.05, 4.69) is 30.0 Å². The molecule has 0 rings (SSSR count). The molecule has 0 bridgehead atoms. The second-order valence-corrected chi connectivity index (χ2v) is 19.8. The minimum absolute atomic E-state index is 0.437. The van der Waals surface area contributed by atoms with Gasteiger partial charge in [0.05, 0.1) is 0 Å². The molecule has 0 spiro atoms. The fourth-order valence-electron chi connectivity index (χ4n) is 0.700. The standard InChI is InChI=1S/C8H12NO2.3CH3.Sn/c1-5-6-9-7(10)11-8(2,3)4;;;;/h1,6H,2-4H3,(H,9,10);3*1H3;. The van der Waals surface area contributed by atoms with Gasteiger partial charge in [-0.15, -0.1) is 0 Å². The Balaban J connectivity index is 4.08. The Labute approximate surface area is 96.5 Å². The molecule has 86 valence electrons. The Hall–Kier alpha value is -0.411. The molecule has 1 amide bonds. The first-order valence-electron chi connectivity index (χ1n) is 5.02. The predicted molar refractivity (Wildman–Crippen MR) is 65.4 cm³/mol. The Bertz CT molecular complexity index is 278. The SMILES string of the molecule is CC(C)(C)OC(=O)NC=C=[CH][Sn]([CH3])([CH3])[CH3]. The summed E-state index contributed by atoms with van der Waals surface area (Å²) in [6.07, 6.45) is 1.07. The van der Waals surface area contributed by atoms with Crippen molar-refractivity contribution in [3.63, 3.8) is 0 Å². The molecule has 0 aliphatic carbocycles. The second kappa shape index (κ2) is 5.61. The fourth-order valence-corrected chi connectivity index (χ4v) is 2.36. The van der Waals surface area contributed by atoms with Gasteiger partial charge in [0, 0.05) is 0 Å². The molecule has 0 aliphatic rings. The Morgan fingerprint density at radius 1 is 1.33 bits per heavy atom. The Morgan fingerprint density at radius 3 is 2.27 bits per heavy atom. The van der Waals surface area contributed by atoms with E-state index < -0.39 is 30.1 Å². The number of hydrogen-bond donors (Lipinski definition) is 1. The van der Waals surface area contributed by atoms with Gasteiger partial charge in [-0.1, -0.05) is 0 Å². The van der Waals surface area contributed by atoms with Gasteiger partial charge in [0.15, 0.2) is 0 Å². The zero-order valence-electron chi connectivity index (χ0n) is 10.5. The molecule has 0 aromatic rings. The summed E-state index contributed by atoms with van der Waals surface area (Å²) in [6.45, 7) is 5.49. The molecule has 0 aliphatic heterocycles. The van der Waals surface area contributed by atoms with Crippen LogP contribution < -0.4 is 5.32 Å². The molecule has 0 saturated heterocycles. The first kappa shape index (κ1) is 14.6. The third-order valence-corrected chi connectivity index (χ3v) is 4.14. The molecular formula is C11H21NO2Sn. The average Bonchev–Trinajstić information content (AvgIpc) is 1.92. The van der Waals surface area contributed by atoms with E-state index in [1.807, 2.05) is 20.8 Å². The summed E-state index contributed by atoms with van der Waals surface area (Å²) in [5.41, 5.74) is 2.52. The van der Waals surface area contributed by atoms with Gasteiger partial charge in [-0.2, -0.15) is 0 Å². The van der Waals surface area contributed by atoms with Crippen molar-refractivity contribution in [1.82, 2.24) is 5.32 Å². The summed E-state index contributed by atoms with van der Waals surface area (Å²) in [6, 6.07) is 0. The van der Waals surface area contributed by atoms with Crippen LogP contribution in [0.5, 0.6) is 0 Å². The molecule has 0 unspecified atom stereocenters. The molecule has 3 nitrogen and oxygen atoms in total. The van der Waals surface area contributed by atoms with Crippen LogP contribution in [0.15, 0.2) is 16.0 Å². The number of hydrogen-bond acceptors (Lipinski definition) is 2. The molecule has 0 aromatic heterocycles. The monoisotopic (exact) mass is 319 g/mol. The zero-order valence-corrected chi connectivity index (χ0v) is 13.3. The summed E-state index contributed by atoms with van der Waals surface area (Å²) < 4.78 is 7.14. The van der Waals surface area contributed by atoms with Crippen molar-refractivity contribution in [2.24, 2.45) is 0 Å². The van der Waals surface area contributed by atoms with Crippen molar-refractivity contribution < 1.29 is 9.53 Å². The van der Waals surface area contributed by atoms with Crippen LogP contribution >= 0.6 is 0 Å². The van der Waals surface area contributed by atoms with Crippen molar-refractivity contribution in [3.8, 4) is 0 Å². The molecule has 0 aromatic carbocycles. The quantitative estimate of drug-likeness (QED) is 0.628. The van der Waals surface area contributed by atoms with Crippen LogP contribution in [0, 0.1) is 0 Å². The van der Waals surface area contributed by atoms with Gasteiger partial charge in [0.1, 0.15) is 0 Å². The Kier molecular flexibility index (Phi) is 5.46. The third-order valence-electron chi connectivity index (χ3n) is 1.19. The van der Waals surface area contributed by atoms with Gasteiger partial charge in [-0.25, -0.2) is 0 Å². The maximum atomic E-state index is 11.2. The van der Waals surface area contributed by atoms with E-state index >= 15 is 0 Å². The number of ether oxygens (including phenoxy) is 1. The van der Waals surface area contributed by atoms with Crippen LogP contribution in [0.4, 0.5) is 4.79 Å². The first-order valence-corrected chi connectivity index (χ1v) is 15.2. The average molecular weight is 318 g/mol. The van der Waals surface area contributed by atoms with Crippen LogP contribution in [-0.2, 0) is 4.74 Å². The molecule has 0 atom stereocenters. The van der Waals surface area contributed by atoms with Crippen LogP contribution in [0.2, 0.25) is 14.8 Å². The molecule has 1 N–H and O–H groups in total. The van der Waals surface area contributed by atoms with Crippen molar-refractivity contribution in [2.75, 3.05) is 0 Å². The van der Waals surface area contributed by atoms with Gasteiger partial charge in [-0.05, 0) is 0 Å². The minimum atomic E-state index is -1.90. The molecule has 4 heteroatoms. The Morgan fingerprint density at radius 2 is 1.87 bits per heavy atom. The van der Waals surface area contributed by atoms with E-state index in [0.29, 0.717) is 0 Å². The van der Waals surface area contributed by atoms with Crippen LogP contribution in [0.1, 0.15) is 20.8 Å². The van der Waals surface area contributed by atoms with Gasteiger partial charge in [0.2, 0.25) is 0 Å². The number of carbonyl (C=O) groups is 1. The summed E-state index contributed by atoms with van der Waals surface area (Å²) in [5.74, 6) is 0. The predicted octanol–water partition coefficient (Wildman–Crippen LogP) is 3.06. The van der Waals surface area contributed by atoms with E-state index in [1.54, 1.807) is 0 Å². The molecular weight excluding hydrogens is 297 g/mol. The summed E-state index contributed by atoms with van der Waals surface area (Å²) in [7, 11) is 0. The zero-order chi connectivity index (χ0) is 12.1. The topological polar surface area (TPSA) is 38.3 Å². The van der Waals surface area contributed by atoms with Crippen molar-refractivity contribution >= 4 is 24.5 Å². The number of alkyl carbamates (subject to hydrolysis) is 1. The summed E-state index contributed by atoms with van der Waals surface area (Å²) in [4.78, 5) is 18.0. The molecule has 15 heavy (non-hydrogen) atoms. The normalized spacial score (nSPS) is 11.3. The van der Waals surface area contributed by atoms with Crippen molar-refractivity contribution in [1.29, 1.82) is 0 Å². The van der Waals surface area contributed by atoms with E-state index in [4.69, 9.17) is 4.74 Å². The fraction of sp³-hybridized carbons (Fsp3) is 0.636. The molecule has 0 fully saturated rings. The number of rotatable bonds is 2. The number of carbonyl (C=O) groups excluding carboxylic acids is 1. The van der Waals surface area contributed by atoms with E-state index in [1.165, 1.54) is 6.20 Å². The number of nitrogens with one attached hydrogen (secondary N) is 1. The molecule has 0 radical (unpaired) electrons. The maximum absolute atomic E-state index is 11.2. The van der Waals surface area contributed by atoms with Crippen molar-refractivity contribution in [3.05, 3.63) is 16.0 Å². The van der Waals surface area contributed by atoms with Gasteiger partial charge in [-0.3, -0.25) is 0 Å². The number of amides is 1. The van der Waals surface area contributed by atoms with E-state index in [0.717, 1.165) is 0 Å². The first-order chi connectivity index (χ1) is 6.60. The van der Waals surface area contributed by atoms with Gasteiger partial charge >= 0.3 is 96.5 Å². The van der Waals surface area contributed by atoms with Crippen LogP contribution in [0.25, 0.3) is 0 Å². The van der Waals surface area contributed by atoms with Crippen LogP contribution in [-0.4, -0.2) is 30.1 Å². The van der Waals surface area contributed by atoms with Gasteiger partial charge < -0.3 is 0 Å². The van der Waals surface area contributed by atoms with E-state index in [-0.39, 0.29) is 0 Å². The van der Waals surface area contributed by atoms with Crippen LogP contribution in [0.3, 0.4) is 0 Å². The molecule has 0 saturated carbocycles. The van der Waals surface area contributed by atoms with Crippen molar-refractivity contribution in [2.45, 2.75) is 41.2 Å². The van der Waals surface area contributed by atoms with Gasteiger partial charge in [0.25, 0.3) is 0 Å². The summed E-state index contributed by atoms with van der Waals surface area (Å²) in [5, 5.41) is 2.52. The van der Waals surface area contributed by atoms with E-state index in [9.17, 15) is 4.79 Å². The second-order valence-electron chi connectivity index (χ2n) is 5.47. The summed E-state index contributed by atoms with van der Waals surface area (Å²) >= 11 is -1.90. The molecule has 0 heterocycles. The third kappa shape index (κ3) is 11.5.